The van der Waals surface area contributed by atoms with Gasteiger partial charge in [-0.25, -0.2) is 8.42 Å². The van der Waals surface area contributed by atoms with Crippen LogP contribution in [0.2, 0.25) is 0 Å². The summed E-state index contributed by atoms with van der Waals surface area (Å²) in [4.78, 5) is 1.22. The fraction of sp³-hybridized carbons (Fsp3) is 0.333. The Hall–Kier alpha value is -0.850. The smallest absolute Gasteiger partial charge is 0.265 e. The van der Waals surface area contributed by atoms with E-state index in [9.17, 15) is 8.42 Å². The molecule has 0 aliphatic carbocycles. The number of benzene rings is 1. The van der Waals surface area contributed by atoms with E-state index in [4.69, 9.17) is 0 Å². The van der Waals surface area contributed by atoms with Gasteiger partial charge in [0, 0.05) is 11.4 Å². The van der Waals surface area contributed by atoms with E-state index < -0.39 is 10.0 Å². The number of halogens is 1. The summed E-state index contributed by atoms with van der Waals surface area (Å²) in [5.41, 5.74) is 1.92. The molecule has 1 atom stereocenters. The van der Waals surface area contributed by atoms with Crippen molar-refractivity contribution in [3.05, 3.63) is 44.6 Å². The highest BCUT2D eigenvalue weighted by molar-refractivity contribution is 9.11. The molecule has 2 heterocycles. The average Bonchev–Trinajstić information content (AvgIpc) is 2.77. The number of hydrogen-bond donors (Lipinski definition) is 0. The number of sulfonamides is 1. The molecule has 0 bridgehead atoms. The summed E-state index contributed by atoms with van der Waals surface area (Å²) in [6.07, 6.45) is 0.925. The summed E-state index contributed by atoms with van der Waals surface area (Å²) in [6.45, 7) is 4.47. The molecule has 0 spiro atoms. The highest BCUT2D eigenvalue weighted by Gasteiger charge is 2.33. The molecular weight excluding hydrogens is 370 g/mol. The lowest BCUT2D eigenvalue weighted by molar-refractivity contribution is 0.544. The minimum atomic E-state index is -3.50. The van der Waals surface area contributed by atoms with Crippen molar-refractivity contribution in [1.29, 1.82) is 0 Å². The van der Waals surface area contributed by atoms with Gasteiger partial charge in [0.2, 0.25) is 0 Å². The predicted molar refractivity (Wildman–Crippen MR) is 90.6 cm³/mol. The van der Waals surface area contributed by atoms with Crippen LogP contribution in [-0.2, 0) is 16.4 Å². The standard InChI is InChI=1S/C15H16BrNO2S2/c1-10-7-12-5-3-4-6-13(12)17(9-10)21(18,19)14-8-15(16)20-11(14)2/h3-6,8,10H,7,9H2,1-2H3. The highest BCUT2D eigenvalue weighted by atomic mass is 79.9. The van der Waals surface area contributed by atoms with Gasteiger partial charge in [0.25, 0.3) is 10.0 Å². The normalized spacial score (nSPS) is 18.6. The number of aryl methyl sites for hydroxylation is 1. The van der Waals surface area contributed by atoms with Gasteiger partial charge in [-0.05, 0) is 52.9 Å². The summed E-state index contributed by atoms with van der Waals surface area (Å²) < 4.78 is 28.5. The molecule has 0 saturated heterocycles. The van der Waals surface area contributed by atoms with Gasteiger partial charge in [-0.2, -0.15) is 0 Å². The second kappa shape index (κ2) is 5.41. The van der Waals surface area contributed by atoms with E-state index in [-0.39, 0.29) is 0 Å². The molecule has 0 radical (unpaired) electrons. The Morgan fingerprint density at radius 1 is 1.33 bits per heavy atom. The second-order valence-corrected chi connectivity index (χ2v) is 9.91. The van der Waals surface area contributed by atoms with Crippen LogP contribution >= 0.6 is 27.3 Å². The lowest BCUT2D eigenvalue weighted by Crippen LogP contribution is -2.39. The van der Waals surface area contributed by atoms with E-state index in [2.05, 4.69) is 22.9 Å². The largest absolute Gasteiger partial charge is 0.266 e. The molecule has 0 fully saturated rings. The second-order valence-electron chi connectivity index (χ2n) is 5.45. The summed E-state index contributed by atoms with van der Waals surface area (Å²) in [5, 5.41) is 0. The first-order chi connectivity index (χ1) is 9.89. The van der Waals surface area contributed by atoms with Crippen LogP contribution in [0.15, 0.2) is 39.0 Å². The maximum absolute atomic E-state index is 13.0. The molecule has 3 nitrogen and oxygen atoms in total. The predicted octanol–water partition coefficient (Wildman–Crippen LogP) is 4.21. The number of fused-ring (bicyclic) bond motifs is 1. The summed E-state index contributed by atoms with van der Waals surface area (Å²) in [7, 11) is -3.50. The Labute approximate surface area is 137 Å². The van der Waals surface area contributed by atoms with Gasteiger partial charge >= 0.3 is 0 Å². The Bertz CT molecular complexity index is 783. The molecule has 2 aromatic rings. The number of para-hydroxylation sites is 1. The quantitative estimate of drug-likeness (QED) is 0.776. The van der Waals surface area contributed by atoms with E-state index in [0.717, 1.165) is 26.3 Å². The summed E-state index contributed by atoms with van der Waals surface area (Å²) in [5.74, 6) is 0.317. The first-order valence-electron chi connectivity index (χ1n) is 6.76. The zero-order valence-corrected chi connectivity index (χ0v) is 15.1. The first-order valence-corrected chi connectivity index (χ1v) is 9.81. The van der Waals surface area contributed by atoms with Crippen LogP contribution in [0.25, 0.3) is 0 Å². The molecule has 1 aromatic carbocycles. The van der Waals surface area contributed by atoms with E-state index in [1.807, 2.05) is 31.2 Å². The Morgan fingerprint density at radius 2 is 2.05 bits per heavy atom. The fourth-order valence-electron chi connectivity index (χ4n) is 2.78. The molecular formula is C15H16BrNO2S2. The van der Waals surface area contributed by atoms with Crippen molar-refractivity contribution in [3.8, 4) is 0 Å². The van der Waals surface area contributed by atoms with Gasteiger partial charge in [0.1, 0.15) is 4.90 Å². The lowest BCUT2D eigenvalue weighted by atomic mass is 9.96. The first kappa shape index (κ1) is 15.1. The number of thiophene rings is 1. The maximum Gasteiger partial charge on any atom is 0.265 e. The third-order valence-corrected chi connectivity index (χ3v) is 7.30. The number of nitrogens with zero attached hydrogens (tertiary/aromatic N) is 1. The van der Waals surface area contributed by atoms with Crippen molar-refractivity contribution >= 4 is 43.0 Å². The molecule has 112 valence electrons. The van der Waals surface area contributed by atoms with E-state index in [1.165, 1.54) is 11.3 Å². The third-order valence-electron chi connectivity index (χ3n) is 3.72. The van der Waals surface area contributed by atoms with Crippen molar-refractivity contribution < 1.29 is 8.42 Å². The topological polar surface area (TPSA) is 37.4 Å². The van der Waals surface area contributed by atoms with Crippen molar-refractivity contribution in [2.24, 2.45) is 5.92 Å². The van der Waals surface area contributed by atoms with Crippen molar-refractivity contribution in [2.45, 2.75) is 25.2 Å². The third kappa shape index (κ3) is 2.64. The SMILES string of the molecule is Cc1sc(Br)cc1S(=O)(=O)N1CC(C)Cc2ccccc21. The molecule has 21 heavy (non-hydrogen) atoms. The summed E-state index contributed by atoms with van der Waals surface area (Å²) in [6, 6.07) is 9.48. The Kier molecular flexibility index (Phi) is 3.88. The van der Waals surface area contributed by atoms with E-state index in [1.54, 1.807) is 10.4 Å². The molecule has 3 rings (SSSR count). The molecule has 0 amide bonds. The monoisotopic (exact) mass is 385 g/mol. The molecule has 6 heteroatoms. The number of hydrogen-bond acceptors (Lipinski definition) is 3. The van der Waals surface area contributed by atoms with Gasteiger partial charge in [-0.3, -0.25) is 4.31 Å². The van der Waals surface area contributed by atoms with Crippen LogP contribution in [0, 0.1) is 12.8 Å². The van der Waals surface area contributed by atoms with Gasteiger partial charge in [0.15, 0.2) is 0 Å². The van der Waals surface area contributed by atoms with E-state index >= 15 is 0 Å². The average molecular weight is 386 g/mol. The van der Waals surface area contributed by atoms with Crippen molar-refractivity contribution in [2.75, 3.05) is 10.8 Å². The maximum atomic E-state index is 13.0. The molecule has 1 unspecified atom stereocenters. The van der Waals surface area contributed by atoms with Crippen LogP contribution in [0.3, 0.4) is 0 Å². The minimum Gasteiger partial charge on any atom is -0.266 e. The van der Waals surface area contributed by atoms with Crippen LogP contribution in [0.1, 0.15) is 17.4 Å². The zero-order valence-electron chi connectivity index (χ0n) is 11.8. The lowest BCUT2D eigenvalue weighted by Gasteiger charge is -2.33. The molecule has 0 saturated carbocycles. The van der Waals surface area contributed by atoms with Crippen molar-refractivity contribution in [3.63, 3.8) is 0 Å². The van der Waals surface area contributed by atoms with Gasteiger partial charge in [-0.1, -0.05) is 25.1 Å². The van der Waals surface area contributed by atoms with Gasteiger partial charge in [-0.15, -0.1) is 11.3 Å². The van der Waals surface area contributed by atoms with Crippen molar-refractivity contribution in [1.82, 2.24) is 0 Å². The number of rotatable bonds is 2. The summed E-state index contributed by atoms with van der Waals surface area (Å²) >= 11 is 4.83. The van der Waals surface area contributed by atoms with Crippen LogP contribution in [0.4, 0.5) is 5.69 Å². The molecule has 1 aromatic heterocycles. The Balaban J connectivity index is 2.14. The highest BCUT2D eigenvalue weighted by Crippen LogP contribution is 2.37. The fourth-order valence-corrected chi connectivity index (χ4v) is 6.79. The minimum absolute atomic E-state index is 0.317. The van der Waals surface area contributed by atoms with Crippen LogP contribution in [0.5, 0.6) is 0 Å². The van der Waals surface area contributed by atoms with E-state index in [0.29, 0.717) is 17.4 Å². The van der Waals surface area contributed by atoms with Crippen LogP contribution in [-0.4, -0.2) is 15.0 Å². The molecule has 0 N–H and O–H groups in total. The molecule has 1 aliphatic heterocycles. The number of anilines is 1. The Morgan fingerprint density at radius 3 is 2.71 bits per heavy atom. The molecule has 1 aliphatic rings. The van der Waals surface area contributed by atoms with Gasteiger partial charge in [0.05, 0.1) is 9.47 Å². The van der Waals surface area contributed by atoms with Gasteiger partial charge < -0.3 is 0 Å². The van der Waals surface area contributed by atoms with Crippen LogP contribution < -0.4 is 4.31 Å². The zero-order chi connectivity index (χ0) is 15.2.